The maximum Gasteiger partial charge on any atom is 0.262 e. The van der Waals surface area contributed by atoms with Crippen LogP contribution in [0.4, 0.5) is 11.4 Å². The summed E-state index contributed by atoms with van der Waals surface area (Å²) in [4.78, 5) is 12.6. The molecule has 5 nitrogen and oxygen atoms in total. The highest BCUT2D eigenvalue weighted by molar-refractivity contribution is 7.92. The Kier molecular flexibility index (Phi) is 5.72. The molecule has 0 heterocycles. The third-order valence-electron chi connectivity index (χ3n) is 4.22. The predicted octanol–water partition coefficient (Wildman–Crippen LogP) is 5.01. The van der Waals surface area contributed by atoms with Gasteiger partial charge in [-0.05, 0) is 67.4 Å². The Morgan fingerprint density at radius 1 is 0.857 bits per heavy atom. The first-order chi connectivity index (χ1) is 13.3. The van der Waals surface area contributed by atoms with Crippen molar-refractivity contribution in [3.05, 3.63) is 88.4 Å². The number of nitrogens with one attached hydrogen (secondary N) is 2. The normalized spacial score (nSPS) is 11.1. The summed E-state index contributed by atoms with van der Waals surface area (Å²) in [6, 6.07) is 18.3. The van der Waals surface area contributed by atoms with Gasteiger partial charge in [-0.15, -0.1) is 0 Å². The molecule has 0 saturated carbocycles. The lowest BCUT2D eigenvalue weighted by molar-refractivity contribution is 0.102. The maximum absolute atomic E-state index is 12.8. The summed E-state index contributed by atoms with van der Waals surface area (Å²) >= 11 is 5.84. The molecule has 0 bridgehead atoms. The van der Waals surface area contributed by atoms with Gasteiger partial charge in [0.1, 0.15) is 0 Å². The minimum Gasteiger partial charge on any atom is -0.322 e. The number of hydrogen-bond donors (Lipinski definition) is 2. The van der Waals surface area contributed by atoms with Gasteiger partial charge in [-0.3, -0.25) is 9.52 Å². The van der Waals surface area contributed by atoms with Crippen molar-refractivity contribution in [2.75, 3.05) is 10.0 Å². The Labute approximate surface area is 169 Å². The highest BCUT2D eigenvalue weighted by Crippen LogP contribution is 2.24. The van der Waals surface area contributed by atoms with Gasteiger partial charge in [-0.25, -0.2) is 8.42 Å². The number of benzene rings is 3. The van der Waals surface area contributed by atoms with Gasteiger partial charge in [0.15, 0.2) is 0 Å². The SMILES string of the molecule is Cc1ccccc1C(=O)Nc1ccc(C)c(S(=O)(=O)Nc2ccc(Cl)cc2)c1. The summed E-state index contributed by atoms with van der Waals surface area (Å²) in [5.74, 6) is -0.295. The summed E-state index contributed by atoms with van der Waals surface area (Å²) in [5.41, 5.74) is 2.74. The summed E-state index contributed by atoms with van der Waals surface area (Å²) in [7, 11) is -3.83. The van der Waals surface area contributed by atoms with Gasteiger partial charge < -0.3 is 5.32 Å². The highest BCUT2D eigenvalue weighted by Gasteiger charge is 2.18. The molecule has 0 unspecified atom stereocenters. The molecule has 2 N–H and O–H groups in total. The van der Waals surface area contributed by atoms with E-state index in [1.807, 2.05) is 19.1 Å². The number of amides is 1. The van der Waals surface area contributed by atoms with Crippen molar-refractivity contribution in [1.82, 2.24) is 0 Å². The largest absolute Gasteiger partial charge is 0.322 e. The van der Waals surface area contributed by atoms with Crippen molar-refractivity contribution >= 4 is 38.9 Å². The molecule has 3 aromatic rings. The highest BCUT2D eigenvalue weighted by atomic mass is 35.5. The van der Waals surface area contributed by atoms with Crippen molar-refractivity contribution in [3.63, 3.8) is 0 Å². The van der Waals surface area contributed by atoms with Crippen LogP contribution in [0.25, 0.3) is 0 Å². The van der Waals surface area contributed by atoms with E-state index in [0.717, 1.165) is 5.56 Å². The maximum atomic E-state index is 12.8. The lowest BCUT2D eigenvalue weighted by Crippen LogP contribution is -2.16. The molecule has 0 aliphatic carbocycles. The van der Waals surface area contributed by atoms with E-state index in [1.165, 1.54) is 6.07 Å². The number of hydrogen-bond acceptors (Lipinski definition) is 3. The number of halogens is 1. The smallest absolute Gasteiger partial charge is 0.262 e. The van der Waals surface area contributed by atoms with Crippen LogP contribution in [-0.4, -0.2) is 14.3 Å². The number of rotatable bonds is 5. The zero-order valence-corrected chi connectivity index (χ0v) is 16.9. The lowest BCUT2D eigenvalue weighted by Gasteiger charge is -2.13. The quantitative estimate of drug-likeness (QED) is 0.616. The van der Waals surface area contributed by atoms with Crippen molar-refractivity contribution in [3.8, 4) is 0 Å². The van der Waals surface area contributed by atoms with Crippen LogP contribution in [0.15, 0.2) is 71.6 Å². The van der Waals surface area contributed by atoms with Crippen LogP contribution in [0.5, 0.6) is 0 Å². The van der Waals surface area contributed by atoms with Crippen LogP contribution in [0.3, 0.4) is 0 Å². The molecule has 0 saturated heterocycles. The van der Waals surface area contributed by atoms with Crippen molar-refractivity contribution in [2.45, 2.75) is 18.7 Å². The fraction of sp³-hybridized carbons (Fsp3) is 0.0952. The second-order valence-corrected chi connectivity index (χ2v) is 8.45. The van der Waals surface area contributed by atoms with Crippen LogP contribution in [0, 0.1) is 13.8 Å². The van der Waals surface area contributed by atoms with Crippen molar-refractivity contribution in [2.24, 2.45) is 0 Å². The van der Waals surface area contributed by atoms with Crippen LogP contribution in [-0.2, 0) is 10.0 Å². The van der Waals surface area contributed by atoms with Crippen molar-refractivity contribution in [1.29, 1.82) is 0 Å². The van der Waals surface area contributed by atoms with Crippen LogP contribution in [0.2, 0.25) is 5.02 Å². The Morgan fingerprint density at radius 2 is 1.50 bits per heavy atom. The second-order valence-electron chi connectivity index (χ2n) is 6.36. The molecule has 0 radical (unpaired) electrons. The molecule has 7 heteroatoms. The molecular weight excluding hydrogens is 396 g/mol. The summed E-state index contributed by atoms with van der Waals surface area (Å²) in [5, 5.41) is 3.28. The first kappa shape index (κ1) is 19.9. The average molecular weight is 415 g/mol. The molecule has 3 rings (SSSR count). The molecule has 0 aliphatic heterocycles. The standard InChI is InChI=1S/C21H19ClN2O3S/c1-14-5-3-4-6-19(14)21(25)23-18-10-7-15(2)20(13-18)28(26,27)24-17-11-8-16(22)9-12-17/h3-13,24H,1-2H3,(H,23,25). The lowest BCUT2D eigenvalue weighted by atomic mass is 10.1. The Morgan fingerprint density at radius 3 is 2.18 bits per heavy atom. The summed E-state index contributed by atoms with van der Waals surface area (Å²) in [6.45, 7) is 3.54. The van der Waals surface area contributed by atoms with Gasteiger partial charge in [0.2, 0.25) is 0 Å². The van der Waals surface area contributed by atoms with E-state index < -0.39 is 10.0 Å². The van der Waals surface area contributed by atoms with Gasteiger partial charge in [0.05, 0.1) is 4.90 Å². The molecule has 3 aromatic carbocycles. The van der Waals surface area contributed by atoms with Gasteiger partial charge >= 0.3 is 0 Å². The van der Waals surface area contributed by atoms with Gasteiger partial charge in [-0.1, -0.05) is 35.9 Å². The zero-order chi connectivity index (χ0) is 20.3. The average Bonchev–Trinajstić information content (AvgIpc) is 2.65. The number of anilines is 2. The van der Waals surface area contributed by atoms with Crippen LogP contribution >= 0.6 is 11.6 Å². The number of aryl methyl sites for hydroxylation is 2. The minimum absolute atomic E-state index is 0.0880. The minimum atomic E-state index is -3.83. The van der Waals surface area contributed by atoms with Crippen LogP contribution < -0.4 is 10.0 Å². The molecule has 0 spiro atoms. The predicted molar refractivity (Wildman–Crippen MR) is 113 cm³/mol. The zero-order valence-electron chi connectivity index (χ0n) is 15.4. The van der Waals surface area contributed by atoms with E-state index in [2.05, 4.69) is 10.0 Å². The number of carbonyl (C=O) groups excluding carboxylic acids is 1. The van der Waals surface area contributed by atoms with E-state index >= 15 is 0 Å². The molecule has 144 valence electrons. The Balaban J connectivity index is 1.87. The second kappa shape index (κ2) is 8.04. The molecule has 1 amide bonds. The van der Waals surface area contributed by atoms with E-state index in [9.17, 15) is 13.2 Å². The van der Waals surface area contributed by atoms with Gasteiger partial charge in [-0.2, -0.15) is 0 Å². The van der Waals surface area contributed by atoms with E-state index in [4.69, 9.17) is 11.6 Å². The fourth-order valence-corrected chi connectivity index (χ4v) is 4.18. The number of sulfonamides is 1. The summed E-state index contributed by atoms with van der Waals surface area (Å²) in [6.07, 6.45) is 0. The monoisotopic (exact) mass is 414 g/mol. The third kappa shape index (κ3) is 4.52. The van der Waals surface area contributed by atoms with E-state index in [-0.39, 0.29) is 10.8 Å². The third-order valence-corrected chi connectivity index (χ3v) is 6.00. The van der Waals surface area contributed by atoms with Crippen LogP contribution in [0.1, 0.15) is 21.5 Å². The topological polar surface area (TPSA) is 75.3 Å². The fourth-order valence-electron chi connectivity index (χ4n) is 2.72. The number of carbonyl (C=O) groups is 1. The van der Waals surface area contributed by atoms with E-state index in [0.29, 0.717) is 27.5 Å². The Hall–Kier alpha value is -2.83. The van der Waals surface area contributed by atoms with E-state index in [1.54, 1.807) is 55.5 Å². The first-order valence-corrected chi connectivity index (χ1v) is 10.4. The summed E-state index contributed by atoms with van der Waals surface area (Å²) < 4.78 is 28.2. The first-order valence-electron chi connectivity index (χ1n) is 8.52. The molecule has 28 heavy (non-hydrogen) atoms. The molecule has 0 fully saturated rings. The molecule has 0 aliphatic rings. The van der Waals surface area contributed by atoms with Gasteiger partial charge in [0, 0.05) is 22.0 Å². The molecule has 0 atom stereocenters. The molecular formula is C21H19ClN2O3S. The molecule has 0 aromatic heterocycles. The van der Waals surface area contributed by atoms with Gasteiger partial charge in [0.25, 0.3) is 15.9 Å². The Bertz CT molecular complexity index is 1130. The van der Waals surface area contributed by atoms with Crippen molar-refractivity contribution < 1.29 is 13.2 Å².